The van der Waals surface area contributed by atoms with Gasteiger partial charge in [-0.2, -0.15) is 76.2 Å². The van der Waals surface area contributed by atoms with Crippen molar-refractivity contribution in [2.24, 2.45) is 21.1 Å². The Kier molecular flexibility index (Phi) is 29.5. The normalized spacial score (nSPS) is 12.7. The van der Waals surface area contributed by atoms with Gasteiger partial charge in [-0.25, -0.2) is 17.1 Å². The first kappa shape index (κ1) is 97.4. The molecule has 0 N–H and O–H groups in total. The van der Waals surface area contributed by atoms with Crippen LogP contribution in [0, 0.1) is 97.7 Å². The van der Waals surface area contributed by atoms with Crippen molar-refractivity contribution in [1.82, 2.24) is 94.7 Å². The molecule has 3 aliphatic heterocycles. The molecular weight excluding hydrogens is 2370 g/mol. The summed E-state index contributed by atoms with van der Waals surface area (Å²) in [6, 6.07) is 74.6. The quantitative estimate of drug-likeness (QED) is 0.0625. The number of rotatable bonds is 12. The minimum absolute atomic E-state index is 0. The molecule has 42 heteroatoms. The predicted octanol–water partition coefficient (Wildman–Crippen LogP) is 17.8. The Morgan fingerprint density at radius 3 is 1.11 bits per heavy atom. The second-order valence-corrected chi connectivity index (χ2v) is 31.1. The summed E-state index contributed by atoms with van der Waals surface area (Å²) in [6.45, 7) is 30.8. The zero-order valence-corrected chi connectivity index (χ0v) is 82.4. The summed E-state index contributed by atoms with van der Waals surface area (Å²) in [4.78, 5) is 34.7. The third kappa shape index (κ3) is 22.8. The number of halogens is 9. The van der Waals surface area contributed by atoms with E-state index in [1.807, 2.05) is 196 Å². The monoisotopic (exact) mass is 2440 g/mol. The second-order valence-electron chi connectivity index (χ2n) is 31.1. The van der Waals surface area contributed by atoms with Crippen LogP contribution < -0.4 is 68.8 Å². The molecule has 19 aromatic rings. The molecule has 0 spiro atoms. The fourth-order valence-electron chi connectivity index (χ4n) is 14.6. The summed E-state index contributed by atoms with van der Waals surface area (Å²) in [5, 5.41) is 44.7. The molecule has 12 aromatic heterocycles. The van der Waals surface area contributed by atoms with E-state index in [-0.39, 0.29) is 77.4 Å². The number of benzene rings is 7. The van der Waals surface area contributed by atoms with Crippen molar-refractivity contribution in [2.45, 2.75) is 39.3 Å². The van der Waals surface area contributed by atoms with E-state index in [2.05, 4.69) is 145 Å². The molecular formula is C100H71F9Ir3N30-12. The van der Waals surface area contributed by atoms with E-state index in [1.165, 1.54) is 11.6 Å². The van der Waals surface area contributed by atoms with Crippen LogP contribution in [0.3, 0.4) is 0 Å². The van der Waals surface area contributed by atoms with Crippen LogP contribution in [0.5, 0.6) is 0 Å². The van der Waals surface area contributed by atoms with Gasteiger partial charge in [0.2, 0.25) is 19.0 Å². The van der Waals surface area contributed by atoms with Crippen LogP contribution in [-0.4, -0.2) is 85.2 Å². The summed E-state index contributed by atoms with van der Waals surface area (Å²) in [5.74, 6) is 1.60. The molecule has 0 bridgehead atoms. The number of pyridine rings is 3. The number of alkyl halides is 9. The fraction of sp³-hybridized carbons (Fsp3) is 0.120. The van der Waals surface area contributed by atoms with Crippen molar-refractivity contribution in [1.29, 1.82) is 0 Å². The third-order valence-electron chi connectivity index (χ3n) is 21.1. The molecule has 142 heavy (non-hydrogen) atoms. The van der Waals surface area contributed by atoms with E-state index in [9.17, 15) is 39.5 Å². The summed E-state index contributed by atoms with van der Waals surface area (Å²) in [6.07, 6.45) is 3.03. The first-order valence-corrected chi connectivity index (χ1v) is 41.7. The van der Waals surface area contributed by atoms with Gasteiger partial charge >= 0.3 is 18.5 Å². The molecule has 22 rings (SSSR count). The Morgan fingerprint density at radius 2 is 0.746 bits per heavy atom. The maximum Gasteiger partial charge on any atom is 0.431 e. The van der Waals surface area contributed by atoms with E-state index in [0.717, 1.165) is 103 Å². The first-order chi connectivity index (χ1) is 68.0. The molecule has 0 aliphatic carbocycles. The number of fused-ring (bicyclic) bond motifs is 4. The Morgan fingerprint density at radius 1 is 0.387 bits per heavy atom. The van der Waals surface area contributed by atoms with E-state index in [0.29, 0.717) is 79.9 Å². The van der Waals surface area contributed by atoms with Gasteiger partial charge in [0.15, 0.2) is 0 Å². The molecule has 15 heterocycles. The molecule has 0 fully saturated rings. The van der Waals surface area contributed by atoms with E-state index in [1.54, 1.807) is 140 Å². The molecule has 30 nitrogen and oxygen atoms in total. The number of hydrogen-bond donors (Lipinski definition) is 0. The van der Waals surface area contributed by atoms with Crippen molar-refractivity contribution < 1.29 is 118 Å². The van der Waals surface area contributed by atoms with Gasteiger partial charge in [-0.05, 0) is 133 Å². The van der Waals surface area contributed by atoms with Crippen molar-refractivity contribution >= 4 is 78.9 Å². The van der Waals surface area contributed by atoms with Crippen LogP contribution in [0.4, 0.5) is 96.4 Å². The number of para-hydroxylation sites is 8. The minimum atomic E-state index is -4.53. The number of nitrogens with zero attached hydrogens (tertiary/aromatic N) is 30. The van der Waals surface area contributed by atoms with Gasteiger partial charge in [-0.1, -0.05) is 143 Å². The molecule has 723 valence electrons. The molecule has 0 amide bonds. The van der Waals surface area contributed by atoms with Crippen LogP contribution in [0.1, 0.15) is 38.3 Å². The first-order valence-electron chi connectivity index (χ1n) is 43.2. The Balaban J connectivity index is 0.000000138. The summed E-state index contributed by atoms with van der Waals surface area (Å²) >= 11 is 0. The zero-order valence-electron chi connectivity index (χ0n) is 78.2. The predicted molar refractivity (Wildman–Crippen MR) is 495 cm³/mol. The van der Waals surface area contributed by atoms with Crippen LogP contribution in [-0.2, 0) is 100.0 Å². The van der Waals surface area contributed by atoms with Crippen molar-refractivity contribution in [2.75, 3.05) is 45.6 Å². The van der Waals surface area contributed by atoms with Gasteiger partial charge < -0.3 is 118 Å². The third-order valence-corrected chi connectivity index (χ3v) is 21.1. The average molecular weight is 2440 g/mol. The van der Waals surface area contributed by atoms with Crippen LogP contribution in [0.15, 0.2) is 249 Å². The maximum absolute atomic E-state index is 12.7. The standard InChI is InChI=1S/2C19H14N5.2C17H11F3N5.C15H12N5.C13H9F3N5.3Ir/c2*1-13-8-17(22-21-13)14-9-15(20-2)11-16(10-14)24-12-23(3)18-6-4-5-7-19(18)24;2*1-24-10-25(14-7-3-2-6-13(14)24)16-8-4-5-11(21-16)12-9-15(23-22-12)17(18,19)20;1-11-6-15(18-17-11)12-7-13(16-2)9-14(8-12)20-5-4-19(3)10-20;1-20-5-6-21(8-20)12-4-2-3-9(17-12)10-7-11(19-18-10)13(14,15)16;;;/h2*4-9,11-12H,1,3H3;2*2-9H,1H3;4-7,9-10H,1,3H3;2-7H,1H3;;;/q2*-3;2*-1;-3;-1;;;/i3D3;;;;;;;;. The van der Waals surface area contributed by atoms with Crippen LogP contribution in [0.25, 0.3) is 122 Å². The molecule has 0 unspecified atom stereocenters. The summed E-state index contributed by atoms with van der Waals surface area (Å²) in [5.41, 5.74) is 15.8. The summed E-state index contributed by atoms with van der Waals surface area (Å²) in [7, 11) is 9.48. The smallest absolute Gasteiger partial charge is 0.431 e. The Hall–Kier alpha value is -16.3. The topological polar surface area (TPSA) is 260 Å². The van der Waals surface area contributed by atoms with E-state index >= 15 is 0 Å². The van der Waals surface area contributed by atoms with Crippen LogP contribution in [0.2, 0.25) is 0 Å². The molecule has 0 atom stereocenters. The largest absolute Gasteiger partial charge is 0.619 e. The van der Waals surface area contributed by atoms with Gasteiger partial charge in [0.1, 0.15) is 51.6 Å². The van der Waals surface area contributed by atoms with E-state index < -0.39 is 42.6 Å². The SMILES string of the molecule is C[n+]1[c-]n(-c2cccc(-c3cc(C(F)(F)F)n[n-]3)n2)c2ccccc21.C[n+]1[c-]n(-c2cccc(-c3cc(C(F)(F)F)n[n-]3)n2)c2ccccc21.C[n+]1[c-]n(-c2cccc(-c3cc(C(F)(F)F)n[n-]3)n2)cc1.[2H]C([2H])([2H])N1[CH-]N(c2[c-]c(-c3cc(C)n[n-]3)cc([N+]#[C-])c2)c2ccccc21.[C-]#[N+]c1cc(-c2cc(C)n[n-]2)[c-]c(N2C=CN(C)[CH-]2)c1.[C-]#[N+]c1cc(-c2cc(C)n[n-]2)[c-]c(N2[CH-]N(C)c3ccccc32)c1.[Ir].[Ir].[Ir]. The Labute approximate surface area is 851 Å². The van der Waals surface area contributed by atoms with Gasteiger partial charge in [-0.3, -0.25) is 29.5 Å². The second kappa shape index (κ2) is 43.0. The summed E-state index contributed by atoms with van der Waals surface area (Å²) < 4.78 is 148. The number of imidazole rings is 3. The minimum Gasteiger partial charge on any atom is -0.619 e. The van der Waals surface area contributed by atoms with Crippen molar-refractivity contribution in [3.63, 3.8) is 0 Å². The van der Waals surface area contributed by atoms with Gasteiger partial charge in [0.05, 0.1) is 62.9 Å². The number of anilines is 7. The molecule has 3 aliphatic rings. The van der Waals surface area contributed by atoms with E-state index in [4.69, 9.17) is 23.8 Å². The van der Waals surface area contributed by atoms with Crippen molar-refractivity contribution in [3.8, 4) is 85.4 Å². The maximum atomic E-state index is 12.7. The average Bonchev–Trinajstić information content (AvgIpc) is 1.61. The Bertz CT molecular complexity index is 7850. The van der Waals surface area contributed by atoms with Crippen molar-refractivity contribution in [3.05, 3.63) is 375 Å². The molecule has 0 saturated carbocycles. The molecule has 7 aromatic carbocycles. The number of hydrogen-bond acceptors (Lipinski definition) is 15. The fourth-order valence-corrected chi connectivity index (χ4v) is 14.6. The molecule has 0 saturated heterocycles. The van der Waals surface area contributed by atoms with Crippen LogP contribution >= 0.6 is 0 Å². The zero-order chi connectivity index (χ0) is 100. The van der Waals surface area contributed by atoms with Gasteiger partial charge in [-0.15, -0.1) is 54.6 Å². The van der Waals surface area contributed by atoms with Gasteiger partial charge in [0, 0.05) is 134 Å². The number of aromatic nitrogens is 21. The number of aryl methyl sites for hydroxylation is 6. The molecule has 3 radical (unpaired) electrons. The van der Waals surface area contributed by atoms with Gasteiger partial charge in [0.25, 0.3) is 0 Å².